The number of furan rings is 2. The summed E-state index contributed by atoms with van der Waals surface area (Å²) in [5, 5.41) is 5.06. The van der Waals surface area contributed by atoms with Gasteiger partial charge in [0.05, 0.1) is 45.0 Å². The summed E-state index contributed by atoms with van der Waals surface area (Å²) in [6.45, 7) is -0.663. The van der Waals surface area contributed by atoms with Crippen molar-refractivity contribution in [2.24, 2.45) is 0 Å². The molecular formula is C15H19N3O6S. The molecule has 0 saturated heterocycles. The smallest absolute Gasteiger partial charge is 0.235 e. The van der Waals surface area contributed by atoms with Crippen LogP contribution in [-0.2, 0) is 32.7 Å². The summed E-state index contributed by atoms with van der Waals surface area (Å²) in [4.78, 5) is 23.8. The monoisotopic (exact) mass is 369 g/mol. The molecular weight excluding hydrogens is 350 g/mol. The van der Waals surface area contributed by atoms with Gasteiger partial charge < -0.3 is 19.5 Å². The van der Waals surface area contributed by atoms with Crippen LogP contribution in [0.3, 0.4) is 0 Å². The van der Waals surface area contributed by atoms with E-state index in [1.54, 1.807) is 24.3 Å². The zero-order valence-electron chi connectivity index (χ0n) is 13.6. The quantitative estimate of drug-likeness (QED) is 0.645. The summed E-state index contributed by atoms with van der Waals surface area (Å²) in [5.41, 5.74) is 0. The standard InChI is InChI=1S/C15H19N3O6S/c1-25(21,22)18(10-14(19)16-8-12-4-2-6-23-12)11-15(20)17-9-13-5-3-7-24-13/h2-7H,8-11H2,1H3,(H,16,19)(H,17,20). The molecule has 2 heterocycles. The van der Waals surface area contributed by atoms with Gasteiger partial charge in [-0.05, 0) is 24.3 Å². The van der Waals surface area contributed by atoms with E-state index < -0.39 is 34.9 Å². The summed E-state index contributed by atoms with van der Waals surface area (Å²) in [5.74, 6) is -0.00721. The Morgan fingerprint density at radius 3 is 1.72 bits per heavy atom. The van der Waals surface area contributed by atoms with Crippen molar-refractivity contribution in [2.45, 2.75) is 13.1 Å². The number of nitrogens with one attached hydrogen (secondary N) is 2. The SMILES string of the molecule is CS(=O)(=O)N(CC(=O)NCc1ccco1)CC(=O)NCc1ccco1. The molecule has 2 rings (SSSR count). The van der Waals surface area contributed by atoms with Crippen LogP contribution in [0.4, 0.5) is 0 Å². The fourth-order valence-corrected chi connectivity index (χ4v) is 2.62. The zero-order valence-corrected chi connectivity index (χ0v) is 14.4. The van der Waals surface area contributed by atoms with E-state index >= 15 is 0 Å². The van der Waals surface area contributed by atoms with E-state index in [4.69, 9.17) is 8.83 Å². The molecule has 25 heavy (non-hydrogen) atoms. The number of nitrogens with zero attached hydrogens (tertiary/aromatic N) is 1. The second-order valence-electron chi connectivity index (χ2n) is 5.24. The first-order valence-corrected chi connectivity index (χ1v) is 9.22. The predicted molar refractivity (Wildman–Crippen MR) is 87.5 cm³/mol. The van der Waals surface area contributed by atoms with Crippen molar-refractivity contribution in [3.05, 3.63) is 48.3 Å². The zero-order chi connectivity index (χ0) is 18.3. The van der Waals surface area contributed by atoms with Gasteiger partial charge >= 0.3 is 0 Å². The van der Waals surface area contributed by atoms with Gasteiger partial charge in [-0.2, -0.15) is 4.31 Å². The number of carbonyl (C=O) groups excluding carboxylic acids is 2. The van der Waals surface area contributed by atoms with E-state index in [0.29, 0.717) is 11.5 Å². The first-order chi connectivity index (χ1) is 11.8. The molecule has 0 atom stereocenters. The maximum Gasteiger partial charge on any atom is 0.235 e. The van der Waals surface area contributed by atoms with Gasteiger partial charge in [-0.15, -0.1) is 0 Å². The van der Waals surface area contributed by atoms with Crippen LogP contribution in [0.1, 0.15) is 11.5 Å². The largest absolute Gasteiger partial charge is 0.467 e. The Bertz CT molecular complexity index is 731. The Morgan fingerprint density at radius 1 is 0.960 bits per heavy atom. The fraction of sp³-hybridized carbons (Fsp3) is 0.333. The fourth-order valence-electron chi connectivity index (χ4n) is 1.92. The van der Waals surface area contributed by atoms with E-state index in [0.717, 1.165) is 10.6 Å². The van der Waals surface area contributed by atoms with Crippen LogP contribution in [0, 0.1) is 0 Å². The average Bonchev–Trinajstić information content (AvgIpc) is 3.23. The Balaban J connectivity index is 1.85. The number of rotatable bonds is 9. The minimum Gasteiger partial charge on any atom is -0.467 e. The molecule has 0 radical (unpaired) electrons. The highest BCUT2D eigenvalue weighted by Crippen LogP contribution is 2.02. The van der Waals surface area contributed by atoms with E-state index in [2.05, 4.69) is 10.6 Å². The normalized spacial score (nSPS) is 11.4. The third-order valence-electron chi connectivity index (χ3n) is 3.19. The lowest BCUT2D eigenvalue weighted by atomic mass is 10.4. The highest BCUT2D eigenvalue weighted by Gasteiger charge is 2.23. The topological polar surface area (TPSA) is 122 Å². The highest BCUT2D eigenvalue weighted by atomic mass is 32.2. The van der Waals surface area contributed by atoms with Gasteiger partial charge in [0.2, 0.25) is 21.8 Å². The summed E-state index contributed by atoms with van der Waals surface area (Å²) in [6.07, 6.45) is 3.87. The van der Waals surface area contributed by atoms with Crippen molar-refractivity contribution in [3.63, 3.8) is 0 Å². The molecule has 2 amide bonds. The second-order valence-corrected chi connectivity index (χ2v) is 7.23. The van der Waals surface area contributed by atoms with Gasteiger partial charge in [-0.25, -0.2) is 8.42 Å². The van der Waals surface area contributed by atoms with Gasteiger partial charge in [0.15, 0.2) is 0 Å². The van der Waals surface area contributed by atoms with Crippen LogP contribution in [0.15, 0.2) is 45.6 Å². The molecule has 136 valence electrons. The minimum atomic E-state index is -3.73. The predicted octanol–water partition coefficient (Wildman–Crippen LogP) is 0.0668. The molecule has 0 aliphatic rings. The number of hydrogen-bond donors (Lipinski definition) is 2. The number of hydrogen-bond acceptors (Lipinski definition) is 6. The van der Waals surface area contributed by atoms with Gasteiger partial charge in [-0.1, -0.05) is 0 Å². The Labute approximate surface area is 145 Å². The number of amides is 2. The lowest BCUT2D eigenvalue weighted by Gasteiger charge is -2.18. The molecule has 2 N–H and O–H groups in total. The lowest BCUT2D eigenvalue weighted by molar-refractivity contribution is -0.123. The van der Waals surface area contributed by atoms with Crippen molar-refractivity contribution in [1.82, 2.24) is 14.9 Å². The Morgan fingerprint density at radius 2 is 1.40 bits per heavy atom. The molecule has 0 aliphatic carbocycles. The first-order valence-electron chi connectivity index (χ1n) is 7.38. The van der Waals surface area contributed by atoms with Gasteiger partial charge in [-0.3, -0.25) is 9.59 Å². The van der Waals surface area contributed by atoms with Crippen LogP contribution in [-0.4, -0.2) is 43.9 Å². The molecule has 0 aliphatic heterocycles. The first kappa shape index (κ1) is 18.7. The maximum absolute atomic E-state index is 11.9. The molecule has 10 heteroatoms. The summed E-state index contributed by atoms with van der Waals surface area (Å²) >= 11 is 0. The van der Waals surface area contributed by atoms with Crippen molar-refractivity contribution >= 4 is 21.8 Å². The maximum atomic E-state index is 11.9. The number of sulfonamides is 1. The third kappa shape index (κ3) is 6.43. The van der Waals surface area contributed by atoms with Gasteiger partial charge in [0, 0.05) is 0 Å². The van der Waals surface area contributed by atoms with Crippen molar-refractivity contribution < 1.29 is 26.8 Å². The van der Waals surface area contributed by atoms with Crippen LogP contribution in [0.5, 0.6) is 0 Å². The van der Waals surface area contributed by atoms with Crippen LogP contribution < -0.4 is 10.6 Å². The second kappa shape index (κ2) is 8.49. The third-order valence-corrected chi connectivity index (χ3v) is 4.38. The van der Waals surface area contributed by atoms with E-state index in [1.807, 2.05) is 0 Å². The summed E-state index contributed by atoms with van der Waals surface area (Å²) in [7, 11) is -3.73. The van der Waals surface area contributed by atoms with Crippen molar-refractivity contribution in [2.75, 3.05) is 19.3 Å². The highest BCUT2D eigenvalue weighted by molar-refractivity contribution is 7.88. The molecule has 0 bridgehead atoms. The van der Waals surface area contributed by atoms with Crippen LogP contribution in [0.2, 0.25) is 0 Å². The molecule has 2 aromatic heterocycles. The molecule has 0 aromatic carbocycles. The van der Waals surface area contributed by atoms with Crippen molar-refractivity contribution in [3.8, 4) is 0 Å². The van der Waals surface area contributed by atoms with E-state index in [-0.39, 0.29) is 13.1 Å². The van der Waals surface area contributed by atoms with Crippen LogP contribution in [0.25, 0.3) is 0 Å². The summed E-state index contributed by atoms with van der Waals surface area (Å²) in [6, 6.07) is 6.70. The molecule has 0 spiro atoms. The van der Waals surface area contributed by atoms with Gasteiger partial charge in [0.25, 0.3) is 0 Å². The average molecular weight is 369 g/mol. The van der Waals surface area contributed by atoms with E-state index in [9.17, 15) is 18.0 Å². The van der Waals surface area contributed by atoms with Crippen molar-refractivity contribution in [1.29, 1.82) is 0 Å². The molecule has 0 unspecified atom stereocenters. The molecule has 9 nitrogen and oxygen atoms in total. The molecule has 0 saturated carbocycles. The van der Waals surface area contributed by atoms with E-state index in [1.165, 1.54) is 12.5 Å². The molecule has 0 fully saturated rings. The molecule has 2 aromatic rings. The van der Waals surface area contributed by atoms with Gasteiger partial charge in [0.1, 0.15) is 11.5 Å². The number of carbonyl (C=O) groups is 2. The summed E-state index contributed by atoms with van der Waals surface area (Å²) < 4.78 is 34.5. The lowest BCUT2D eigenvalue weighted by Crippen LogP contribution is -2.45. The Hall–Kier alpha value is -2.59. The minimum absolute atomic E-state index is 0.133. The Kier molecular flexibility index (Phi) is 6.37. The van der Waals surface area contributed by atoms with Crippen LogP contribution >= 0.6 is 0 Å².